The summed E-state index contributed by atoms with van der Waals surface area (Å²) in [7, 11) is 3.13. The van der Waals surface area contributed by atoms with Crippen LogP contribution < -0.4 is 24.3 Å². The van der Waals surface area contributed by atoms with Crippen LogP contribution in [0.2, 0.25) is 0 Å². The van der Waals surface area contributed by atoms with Crippen molar-refractivity contribution in [2.24, 2.45) is 0 Å². The van der Waals surface area contributed by atoms with Crippen molar-refractivity contribution in [1.29, 1.82) is 0 Å². The fourth-order valence-corrected chi connectivity index (χ4v) is 3.35. The van der Waals surface area contributed by atoms with Gasteiger partial charge in [0.05, 0.1) is 20.3 Å². The molecule has 0 aromatic heterocycles. The van der Waals surface area contributed by atoms with Crippen molar-refractivity contribution in [3.63, 3.8) is 0 Å². The summed E-state index contributed by atoms with van der Waals surface area (Å²) in [5.41, 5.74) is 1.76. The maximum atomic E-state index is 12.6. The second-order valence-corrected chi connectivity index (χ2v) is 7.56. The van der Waals surface area contributed by atoms with Gasteiger partial charge in [0.2, 0.25) is 0 Å². The van der Waals surface area contributed by atoms with Crippen LogP contribution in [0, 0.1) is 6.92 Å². The first-order valence-electron chi connectivity index (χ1n) is 9.24. The first-order chi connectivity index (χ1) is 13.3. The lowest BCUT2D eigenvalue weighted by molar-refractivity contribution is -0.124. The zero-order chi connectivity index (χ0) is 20.3. The number of nitrogens with one attached hydrogen (secondary N) is 1. The van der Waals surface area contributed by atoms with Crippen LogP contribution in [0.4, 0.5) is 0 Å². The summed E-state index contributed by atoms with van der Waals surface area (Å²) in [5.74, 6) is 2.33. The first kappa shape index (κ1) is 19.9. The number of rotatable bonds is 6. The summed E-state index contributed by atoms with van der Waals surface area (Å²) in [6.45, 7) is 5.97. The van der Waals surface area contributed by atoms with Gasteiger partial charge in [0.15, 0.2) is 6.61 Å². The highest BCUT2D eigenvalue weighted by Gasteiger charge is 2.34. The van der Waals surface area contributed by atoms with E-state index >= 15 is 0 Å². The molecular formula is C22H27NO5. The Labute approximate surface area is 165 Å². The van der Waals surface area contributed by atoms with Gasteiger partial charge >= 0.3 is 0 Å². The second-order valence-electron chi connectivity index (χ2n) is 7.56. The third-order valence-corrected chi connectivity index (χ3v) is 4.65. The normalized spacial score (nSPS) is 17.1. The number of hydrogen-bond acceptors (Lipinski definition) is 5. The molecule has 2 aromatic carbocycles. The van der Waals surface area contributed by atoms with Crippen LogP contribution in [0.5, 0.6) is 23.0 Å². The van der Waals surface area contributed by atoms with Crippen LogP contribution in [0.25, 0.3) is 0 Å². The SMILES string of the molecule is COc1cc(OC)cc(OCC(=O)N[C@@H]2CC(C)(C)Oc3ccc(C)cc32)c1. The van der Waals surface area contributed by atoms with Gasteiger partial charge in [-0.15, -0.1) is 0 Å². The summed E-state index contributed by atoms with van der Waals surface area (Å²) in [6, 6.07) is 11.1. The summed E-state index contributed by atoms with van der Waals surface area (Å²) in [4.78, 5) is 12.6. The van der Waals surface area contributed by atoms with Crippen LogP contribution in [0.15, 0.2) is 36.4 Å². The average molecular weight is 385 g/mol. The smallest absolute Gasteiger partial charge is 0.258 e. The van der Waals surface area contributed by atoms with Gasteiger partial charge in [-0.3, -0.25) is 4.79 Å². The highest BCUT2D eigenvalue weighted by atomic mass is 16.5. The monoisotopic (exact) mass is 385 g/mol. The Balaban J connectivity index is 1.69. The molecule has 0 aliphatic carbocycles. The molecule has 0 bridgehead atoms. The molecule has 6 heteroatoms. The number of fused-ring (bicyclic) bond motifs is 1. The molecule has 2 aromatic rings. The lowest BCUT2D eigenvalue weighted by Crippen LogP contribution is -2.42. The van der Waals surface area contributed by atoms with Gasteiger partial charge in [-0.25, -0.2) is 0 Å². The molecule has 1 N–H and O–H groups in total. The van der Waals surface area contributed by atoms with Crippen molar-refractivity contribution in [1.82, 2.24) is 5.32 Å². The first-order valence-corrected chi connectivity index (χ1v) is 9.24. The fourth-order valence-electron chi connectivity index (χ4n) is 3.35. The topological polar surface area (TPSA) is 66.0 Å². The van der Waals surface area contributed by atoms with Crippen molar-refractivity contribution in [2.75, 3.05) is 20.8 Å². The molecule has 0 spiro atoms. The van der Waals surface area contributed by atoms with Crippen LogP contribution in [0.3, 0.4) is 0 Å². The van der Waals surface area contributed by atoms with Gasteiger partial charge in [0.1, 0.15) is 28.6 Å². The standard InChI is InChI=1S/C22H27NO5/c1-14-6-7-20-18(8-14)19(12-22(2,3)28-20)23-21(24)13-27-17-10-15(25-4)9-16(11-17)26-5/h6-11,19H,12-13H2,1-5H3,(H,23,24)/t19-/m1/s1. The molecule has 0 fully saturated rings. The highest BCUT2D eigenvalue weighted by molar-refractivity contribution is 5.78. The van der Waals surface area contributed by atoms with E-state index in [1.54, 1.807) is 32.4 Å². The predicted octanol–water partition coefficient (Wildman–Crippen LogP) is 3.81. The minimum Gasteiger partial charge on any atom is -0.496 e. The summed E-state index contributed by atoms with van der Waals surface area (Å²) >= 11 is 0. The van der Waals surface area contributed by atoms with Gasteiger partial charge in [-0.05, 0) is 26.8 Å². The molecular weight excluding hydrogens is 358 g/mol. The Hall–Kier alpha value is -2.89. The van der Waals surface area contributed by atoms with Crippen LogP contribution in [-0.4, -0.2) is 32.3 Å². The molecule has 0 saturated heterocycles. The Morgan fingerprint density at radius 1 is 1.11 bits per heavy atom. The van der Waals surface area contributed by atoms with E-state index < -0.39 is 0 Å². The van der Waals surface area contributed by atoms with Crippen molar-refractivity contribution in [3.8, 4) is 23.0 Å². The molecule has 0 saturated carbocycles. The minimum absolute atomic E-state index is 0.102. The largest absolute Gasteiger partial charge is 0.496 e. The maximum Gasteiger partial charge on any atom is 0.258 e. The van der Waals surface area contributed by atoms with Crippen molar-refractivity contribution < 1.29 is 23.7 Å². The Bertz CT molecular complexity index is 840. The molecule has 6 nitrogen and oxygen atoms in total. The zero-order valence-electron chi connectivity index (χ0n) is 17.0. The lowest BCUT2D eigenvalue weighted by atomic mass is 9.89. The van der Waals surface area contributed by atoms with E-state index in [-0.39, 0.29) is 24.2 Å². The molecule has 150 valence electrons. The maximum absolute atomic E-state index is 12.6. The highest BCUT2D eigenvalue weighted by Crippen LogP contribution is 2.39. The van der Waals surface area contributed by atoms with Gasteiger partial charge in [0.25, 0.3) is 5.91 Å². The Morgan fingerprint density at radius 2 is 1.75 bits per heavy atom. The second kappa shape index (κ2) is 8.00. The number of carbonyl (C=O) groups excluding carboxylic acids is 1. The number of amides is 1. The zero-order valence-corrected chi connectivity index (χ0v) is 17.0. The summed E-state index contributed by atoms with van der Waals surface area (Å²) in [6.07, 6.45) is 0.683. The molecule has 1 heterocycles. The Morgan fingerprint density at radius 3 is 2.39 bits per heavy atom. The number of hydrogen-bond donors (Lipinski definition) is 1. The van der Waals surface area contributed by atoms with Crippen LogP contribution in [0.1, 0.15) is 37.4 Å². The van der Waals surface area contributed by atoms with E-state index in [9.17, 15) is 4.79 Å². The fraction of sp³-hybridized carbons (Fsp3) is 0.409. The van der Waals surface area contributed by atoms with Crippen molar-refractivity contribution in [3.05, 3.63) is 47.5 Å². The van der Waals surface area contributed by atoms with E-state index in [0.717, 1.165) is 16.9 Å². The van der Waals surface area contributed by atoms with E-state index in [0.29, 0.717) is 23.7 Å². The number of methoxy groups -OCH3 is 2. The van der Waals surface area contributed by atoms with E-state index in [2.05, 4.69) is 11.4 Å². The molecule has 3 rings (SSSR count). The number of ether oxygens (including phenoxy) is 4. The van der Waals surface area contributed by atoms with Crippen LogP contribution in [-0.2, 0) is 4.79 Å². The third kappa shape index (κ3) is 4.68. The van der Waals surface area contributed by atoms with Gasteiger partial charge in [-0.2, -0.15) is 0 Å². The number of carbonyl (C=O) groups is 1. The average Bonchev–Trinajstić information content (AvgIpc) is 2.66. The predicted molar refractivity (Wildman–Crippen MR) is 106 cm³/mol. The van der Waals surface area contributed by atoms with Crippen LogP contribution >= 0.6 is 0 Å². The number of benzene rings is 2. The molecule has 1 aliphatic rings. The van der Waals surface area contributed by atoms with Crippen molar-refractivity contribution >= 4 is 5.91 Å². The molecule has 28 heavy (non-hydrogen) atoms. The summed E-state index contributed by atoms with van der Waals surface area (Å²) in [5, 5.41) is 3.08. The van der Waals surface area contributed by atoms with Crippen molar-refractivity contribution in [2.45, 2.75) is 38.8 Å². The van der Waals surface area contributed by atoms with E-state index in [1.807, 2.05) is 32.9 Å². The lowest BCUT2D eigenvalue weighted by Gasteiger charge is -2.38. The molecule has 1 atom stereocenters. The quantitative estimate of drug-likeness (QED) is 0.819. The third-order valence-electron chi connectivity index (χ3n) is 4.65. The molecule has 1 amide bonds. The minimum atomic E-state index is -0.360. The molecule has 1 aliphatic heterocycles. The van der Waals surface area contributed by atoms with Gasteiger partial charge in [-0.1, -0.05) is 17.7 Å². The van der Waals surface area contributed by atoms with Gasteiger partial charge in [0, 0.05) is 30.2 Å². The number of aryl methyl sites for hydroxylation is 1. The van der Waals surface area contributed by atoms with E-state index in [4.69, 9.17) is 18.9 Å². The Kier molecular flexibility index (Phi) is 5.68. The molecule has 0 radical (unpaired) electrons. The molecule has 0 unspecified atom stereocenters. The van der Waals surface area contributed by atoms with Gasteiger partial charge < -0.3 is 24.3 Å². The van der Waals surface area contributed by atoms with E-state index in [1.165, 1.54) is 0 Å². The summed E-state index contributed by atoms with van der Waals surface area (Å²) < 4.78 is 22.2.